The first-order chi connectivity index (χ1) is 11.0. The molecule has 24 heavy (non-hydrogen) atoms. The first kappa shape index (κ1) is 20.3. The lowest BCUT2D eigenvalue weighted by atomic mass is 9.89. The number of rotatable bonds is 7. The Balaban J connectivity index is 2.41. The zero-order valence-corrected chi connectivity index (χ0v) is 14.2. The summed E-state index contributed by atoms with van der Waals surface area (Å²) in [6, 6.07) is 3.95. The van der Waals surface area contributed by atoms with Crippen LogP contribution in [0.15, 0.2) is 24.3 Å². The number of alkyl halides is 3. The van der Waals surface area contributed by atoms with Gasteiger partial charge in [0.05, 0.1) is 11.6 Å². The largest absolute Gasteiger partial charge is 0.416 e. The lowest BCUT2D eigenvalue weighted by molar-refractivity contribution is -0.137. The number of carbonyl (C=O) groups excluding carboxylic acids is 1. The fraction of sp³-hybridized carbons (Fsp3) is 0.588. The second-order valence-electron chi connectivity index (χ2n) is 6.67. The molecule has 4 nitrogen and oxygen atoms in total. The Labute approximate surface area is 140 Å². The molecule has 1 aromatic rings. The number of aliphatic hydroxyl groups is 1. The van der Waals surface area contributed by atoms with Crippen LogP contribution in [0.2, 0.25) is 0 Å². The summed E-state index contributed by atoms with van der Waals surface area (Å²) in [7, 11) is 0. The van der Waals surface area contributed by atoms with Crippen LogP contribution in [0.4, 0.5) is 18.0 Å². The lowest BCUT2D eigenvalue weighted by Crippen LogP contribution is -2.37. The third-order valence-electron chi connectivity index (χ3n) is 3.83. The van der Waals surface area contributed by atoms with Gasteiger partial charge in [-0.15, -0.1) is 0 Å². The Bertz CT molecular complexity index is 528. The molecule has 0 aliphatic carbocycles. The van der Waals surface area contributed by atoms with Gasteiger partial charge in [-0.1, -0.05) is 26.0 Å². The van der Waals surface area contributed by atoms with Crippen LogP contribution in [0, 0.1) is 5.41 Å². The highest BCUT2D eigenvalue weighted by Gasteiger charge is 2.30. The van der Waals surface area contributed by atoms with Gasteiger partial charge in [-0.3, -0.25) is 0 Å². The Morgan fingerprint density at radius 2 is 1.79 bits per heavy atom. The van der Waals surface area contributed by atoms with Crippen molar-refractivity contribution in [3.05, 3.63) is 35.4 Å². The summed E-state index contributed by atoms with van der Waals surface area (Å²) in [5, 5.41) is 14.5. The van der Waals surface area contributed by atoms with E-state index in [1.54, 1.807) is 6.92 Å². The van der Waals surface area contributed by atoms with Crippen molar-refractivity contribution >= 4 is 6.03 Å². The number of benzene rings is 1. The quantitative estimate of drug-likeness (QED) is 0.657. The maximum absolute atomic E-state index is 12.5. The van der Waals surface area contributed by atoms with Gasteiger partial charge in [0.1, 0.15) is 0 Å². The first-order valence-corrected chi connectivity index (χ1v) is 7.87. The van der Waals surface area contributed by atoms with Gasteiger partial charge in [0.2, 0.25) is 0 Å². The highest BCUT2D eigenvalue weighted by Crippen LogP contribution is 2.29. The van der Waals surface area contributed by atoms with E-state index in [4.69, 9.17) is 5.11 Å². The molecule has 0 spiro atoms. The minimum absolute atomic E-state index is 0.0875. The molecule has 1 atom stereocenters. The smallest absolute Gasteiger partial charge is 0.396 e. The minimum Gasteiger partial charge on any atom is -0.396 e. The molecular formula is C17H25F3N2O2. The van der Waals surface area contributed by atoms with Crippen molar-refractivity contribution < 1.29 is 23.1 Å². The average Bonchev–Trinajstić information content (AvgIpc) is 2.51. The molecule has 0 aliphatic heterocycles. The average molecular weight is 346 g/mol. The van der Waals surface area contributed by atoms with Crippen molar-refractivity contribution in [2.45, 2.75) is 45.8 Å². The van der Waals surface area contributed by atoms with E-state index in [-0.39, 0.29) is 18.1 Å². The summed E-state index contributed by atoms with van der Waals surface area (Å²) in [5.41, 5.74) is -0.292. The van der Waals surface area contributed by atoms with Crippen LogP contribution >= 0.6 is 0 Å². The number of amides is 2. The zero-order chi connectivity index (χ0) is 18.4. The molecule has 1 aromatic carbocycles. The molecule has 0 aliphatic rings. The van der Waals surface area contributed by atoms with Crippen LogP contribution in [0.1, 0.15) is 50.8 Å². The van der Waals surface area contributed by atoms with E-state index in [1.807, 2.05) is 13.8 Å². The van der Waals surface area contributed by atoms with Gasteiger partial charge in [0.25, 0.3) is 0 Å². The minimum atomic E-state index is -4.37. The summed E-state index contributed by atoms with van der Waals surface area (Å²) in [6.45, 7) is 6.15. The predicted molar refractivity (Wildman–Crippen MR) is 86.5 cm³/mol. The number of carbonyl (C=O) groups is 1. The number of hydrogen-bond donors (Lipinski definition) is 3. The van der Waals surface area contributed by atoms with Crippen molar-refractivity contribution in [2.75, 3.05) is 13.2 Å². The van der Waals surface area contributed by atoms with Gasteiger partial charge in [0.15, 0.2) is 0 Å². The van der Waals surface area contributed by atoms with E-state index in [1.165, 1.54) is 12.1 Å². The van der Waals surface area contributed by atoms with E-state index in [0.717, 1.165) is 25.0 Å². The van der Waals surface area contributed by atoms with Crippen LogP contribution in [-0.2, 0) is 6.18 Å². The molecule has 3 N–H and O–H groups in total. The Hall–Kier alpha value is -1.76. The van der Waals surface area contributed by atoms with Crippen molar-refractivity contribution in [1.29, 1.82) is 0 Å². The molecule has 1 rings (SSSR count). The van der Waals surface area contributed by atoms with Crippen molar-refractivity contribution in [3.8, 4) is 0 Å². The fourth-order valence-corrected chi connectivity index (χ4v) is 2.14. The number of aliphatic hydroxyl groups excluding tert-OH is 1. The molecule has 0 bridgehead atoms. The van der Waals surface area contributed by atoms with E-state index < -0.39 is 17.8 Å². The Morgan fingerprint density at radius 1 is 1.21 bits per heavy atom. The topological polar surface area (TPSA) is 61.4 Å². The fourth-order valence-electron chi connectivity index (χ4n) is 2.14. The molecule has 0 fully saturated rings. The Morgan fingerprint density at radius 3 is 2.29 bits per heavy atom. The molecular weight excluding hydrogens is 321 g/mol. The molecule has 0 heterocycles. The third-order valence-corrected chi connectivity index (χ3v) is 3.83. The molecule has 0 saturated carbocycles. The van der Waals surface area contributed by atoms with Crippen LogP contribution in [-0.4, -0.2) is 24.3 Å². The van der Waals surface area contributed by atoms with E-state index in [2.05, 4.69) is 10.6 Å². The van der Waals surface area contributed by atoms with Gasteiger partial charge in [-0.25, -0.2) is 4.79 Å². The summed E-state index contributed by atoms with van der Waals surface area (Å²) >= 11 is 0. The van der Waals surface area contributed by atoms with Crippen molar-refractivity contribution in [2.24, 2.45) is 5.41 Å². The van der Waals surface area contributed by atoms with Gasteiger partial charge >= 0.3 is 12.2 Å². The van der Waals surface area contributed by atoms with Gasteiger partial charge in [-0.2, -0.15) is 13.2 Å². The van der Waals surface area contributed by atoms with Crippen molar-refractivity contribution in [3.63, 3.8) is 0 Å². The van der Waals surface area contributed by atoms with Crippen LogP contribution in [0.3, 0.4) is 0 Å². The van der Waals surface area contributed by atoms with E-state index >= 15 is 0 Å². The predicted octanol–water partition coefficient (Wildman–Crippen LogP) is 3.86. The number of hydrogen-bond acceptors (Lipinski definition) is 2. The summed E-state index contributed by atoms with van der Waals surface area (Å²) < 4.78 is 37.6. The third kappa shape index (κ3) is 6.78. The standard InChI is InChI=1S/C17H25F3N2O2/c1-12(13-5-7-14(8-6-13)17(18,19)20)22-15(24)21-10-4-9-16(2,3)11-23/h5-8,12,23H,4,9-11H2,1-3H3,(H2,21,22,24). The molecule has 0 saturated heterocycles. The number of halogens is 3. The zero-order valence-electron chi connectivity index (χ0n) is 14.2. The van der Waals surface area contributed by atoms with Gasteiger partial charge < -0.3 is 15.7 Å². The molecule has 0 aromatic heterocycles. The maximum Gasteiger partial charge on any atom is 0.416 e. The summed E-state index contributed by atoms with van der Waals surface area (Å²) in [4.78, 5) is 11.8. The molecule has 136 valence electrons. The highest BCUT2D eigenvalue weighted by molar-refractivity contribution is 5.74. The van der Waals surface area contributed by atoms with E-state index in [0.29, 0.717) is 12.1 Å². The van der Waals surface area contributed by atoms with Gasteiger partial charge in [0, 0.05) is 13.2 Å². The number of urea groups is 1. The normalized spacial score (nSPS) is 13.5. The van der Waals surface area contributed by atoms with Crippen LogP contribution < -0.4 is 10.6 Å². The van der Waals surface area contributed by atoms with Crippen LogP contribution in [0.5, 0.6) is 0 Å². The Kier molecular flexibility index (Phi) is 7.08. The molecule has 7 heteroatoms. The SMILES string of the molecule is CC(NC(=O)NCCCC(C)(C)CO)c1ccc(C(F)(F)F)cc1. The summed E-state index contributed by atoms with van der Waals surface area (Å²) in [5.74, 6) is 0. The number of nitrogens with one attached hydrogen (secondary N) is 2. The maximum atomic E-state index is 12.5. The molecule has 0 radical (unpaired) electrons. The second kappa shape index (κ2) is 8.37. The second-order valence-corrected chi connectivity index (χ2v) is 6.67. The van der Waals surface area contributed by atoms with Gasteiger partial charge in [-0.05, 0) is 42.9 Å². The lowest BCUT2D eigenvalue weighted by Gasteiger charge is -2.21. The summed E-state index contributed by atoms with van der Waals surface area (Å²) in [6.07, 6.45) is -2.86. The van der Waals surface area contributed by atoms with Crippen LogP contribution in [0.25, 0.3) is 0 Å². The molecule has 1 unspecified atom stereocenters. The monoisotopic (exact) mass is 346 g/mol. The first-order valence-electron chi connectivity index (χ1n) is 7.87. The van der Waals surface area contributed by atoms with Crippen molar-refractivity contribution in [1.82, 2.24) is 10.6 Å². The van der Waals surface area contributed by atoms with E-state index in [9.17, 15) is 18.0 Å². The molecule has 2 amide bonds. The highest BCUT2D eigenvalue weighted by atomic mass is 19.4.